The number of hydrogen-bond acceptors (Lipinski definition) is 4. The molecule has 170 valence electrons. The SMILES string of the molecule is N#CCC[Se]C1=C([Se]CCC#N)SC([P+](c2ccccc2)(c2ccccc2)c2ccccc2)S1. The molecule has 34 heavy (non-hydrogen) atoms. The Morgan fingerprint density at radius 1 is 0.618 bits per heavy atom. The zero-order valence-electron chi connectivity index (χ0n) is 18.5. The van der Waals surface area contributed by atoms with E-state index in [1.54, 1.807) is 0 Å². The van der Waals surface area contributed by atoms with E-state index in [0.29, 0.717) is 47.1 Å². The van der Waals surface area contributed by atoms with Crippen LogP contribution in [0.25, 0.3) is 0 Å². The average Bonchev–Trinajstić information content (AvgIpc) is 3.30. The van der Waals surface area contributed by atoms with E-state index >= 15 is 0 Å². The van der Waals surface area contributed by atoms with E-state index in [2.05, 4.69) is 127 Å². The van der Waals surface area contributed by atoms with Gasteiger partial charge in [0, 0.05) is 0 Å². The van der Waals surface area contributed by atoms with Crippen LogP contribution in [0.1, 0.15) is 12.8 Å². The van der Waals surface area contributed by atoms with Crippen LogP contribution in [0, 0.1) is 22.7 Å². The van der Waals surface area contributed by atoms with Gasteiger partial charge in [-0.3, -0.25) is 0 Å². The zero-order chi connectivity index (χ0) is 23.6. The monoisotopic (exact) mass is 631 g/mol. The van der Waals surface area contributed by atoms with Crippen molar-refractivity contribution < 1.29 is 0 Å². The van der Waals surface area contributed by atoms with Crippen LogP contribution in [0.3, 0.4) is 0 Å². The second-order valence-electron chi connectivity index (χ2n) is 7.36. The van der Waals surface area contributed by atoms with Gasteiger partial charge in [0.05, 0.1) is 0 Å². The average molecular weight is 630 g/mol. The first-order valence-electron chi connectivity index (χ1n) is 10.9. The summed E-state index contributed by atoms with van der Waals surface area (Å²) in [6.45, 7) is 0. The van der Waals surface area contributed by atoms with Crippen molar-refractivity contribution in [3.63, 3.8) is 0 Å². The predicted molar refractivity (Wildman–Crippen MR) is 153 cm³/mol. The Hall–Kier alpha value is -1.45. The quantitative estimate of drug-likeness (QED) is 0.158. The van der Waals surface area contributed by atoms with Crippen LogP contribution in [0.15, 0.2) is 98.6 Å². The molecule has 1 heterocycles. The van der Waals surface area contributed by atoms with Crippen LogP contribution in [-0.2, 0) is 0 Å². The minimum absolute atomic E-state index is 0.311. The van der Waals surface area contributed by atoms with Gasteiger partial charge in [0.15, 0.2) is 0 Å². The predicted octanol–water partition coefficient (Wildman–Crippen LogP) is 5.94. The molecule has 0 saturated carbocycles. The Bertz CT molecular complexity index is 1060. The number of thioether (sulfide) groups is 2. The second-order valence-corrected chi connectivity index (χ2v) is 19.9. The molecule has 3 aromatic rings. The van der Waals surface area contributed by atoms with Crippen molar-refractivity contribution >= 4 is 76.6 Å². The molecular formula is C27H24N2PS2Se2+. The zero-order valence-corrected chi connectivity index (χ0v) is 24.5. The summed E-state index contributed by atoms with van der Waals surface area (Å²) in [6.07, 6.45) is 1.24. The Morgan fingerprint density at radius 2 is 0.971 bits per heavy atom. The number of hydrogen-bond donors (Lipinski definition) is 0. The van der Waals surface area contributed by atoms with Gasteiger partial charge in [0.25, 0.3) is 0 Å². The van der Waals surface area contributed by atoms with Gasteiger partial charge < -0.3 is 0 Å². The molecule has 2 nitrogen and oxygen atoms in total. The molecule has 0 unspecified atom stereocenters. The molecule has 0 bridgehead atoms. The van der Waals surface area contributed by atoms with Crippen molar-refractivity contribution in [2.45, 2.75) is 27.8 Å². The first-order valence-corrected chi connectivity index (χ1v) is 18.7. The summed E-state index contributed by atoms with van der Waals surface area (Å²) in [5.74, 6) is 0. The standard InChI is InChI=1S/C27H24N2PS2Se2/c28-18-10-20-33-25-26(34-21-11-19-29)32-27(31-25)30(22-12-4-1-5-13-22,23-14-6-2-7-15-23)24-16-8-3-9-17-24/h1-9,12-17,27H,10-11,20-21H2/q+1. The molecule has 0 fully saturated rings. The fourth-order valence-corrected chi connectivity index (χ4v) is 22.5. The minimum atomic E-state index is -1.98. The number of rotatable bonds is 10. The van der Waals surface area contributed by atoms with Crippen molar-refractivity contribution in [2.75, 3.05) is 0 Å². The molecule has 0 aliphatic carbocycles. The maximum atomic E-state index is 9.11. The molecule has 0 spiro atoms. The van der Waals surface area contributed by atoms with Crippen LogP contribution < -0.4 is 15.9 Å². The fraction of sp³-hybridized carbons (Fsp3) is 0.185. The molecule has 0 saturated heterocycles. The third kappa shape index (κ3) is 5.68. The third-order valence-corrected chi connectivity index (χ3v) is 21.1. The molecule has 1 aliphatic rings. The summed E-state index contributed by atoms with van der Waals surface area (Å²) in [5, 5.41) is 24.4. The van der Waals surface area contributed by atoms with Crippen molar-refractivity contribution in [1.29, 1.82) is 10.5 Å². The summed E-state index contributed by atoms with van der Waals surface area (Å²) in [6, 6.07) is 37.9. The summed E-state index contributed by atoms with van der Waals surface area (Å²) in [4.78, 5) is 0. The summed E-state index contributed by atoms with van der Waals surface area (Å²) < 4.78 is 3.39. The molecule has 0 aromatic heterocycles. The van der Waals surface area contributed by atoms with Gasteiger partial charge in [-0.25, -0.2) is 0 Å². The van der Waals surface area contributed by atoms with Gasteiger partial charge in [-0.2, -0.15) is 0 Å². The van der Waals surface area contributed by atoms with E-state index in [1.807, 2.05) is 0 Å². The third-order valence-electron chi connectivity index (χ3n) is 5.28. The summed E-state index contributed by atoms with van der Waals surface area (Å²) >= 11 is 4.75. The molecule has 0 N–H and O–H groups in total. The van der Waals surface area contributed by atoms with Gasteiger partial charge in [0.1, 0.15) is 0 Å². The molecule has 3 aromatic carbocycles. The Morgan fingerprint density at radius 3 is 1.29 bits per heavy atom. The summed E-state index contributed by atoms with van der Waals surface area (Å²) in [5.41, 5.74) is 0. The summed E-state index contributed by atoms with van der Waals surface area (Å²) in [7, 11) is -1.98. The van der Waals surface area contributed by atoms with Crippen LogP contribution in [0.5, 0.6) is 0 Å². The molecular weight excluding hydrogens is 605 g/mol. The van der Waals surface area contributed by atoms with Gasteiger partial charge in [-0.05, 0) is 0 Å². The van der Waals surface area contributed by atoms with E-state index in [4.69, 9.17) is 10.5 Å². The van der Waals surface area contributed by atoms with Crippen LogP contribution in [-0.4, -0.2) is 34.2 Å². The van der Waals surface area contributed by atoms with Gasteiger partial charge in [0.2, 0.25) is 0 Å². The van der Waals surface area contributed by atoms with Gasteiger partial charge in [-0.1, -0.05) is 0 Å². The number of nitrogens with zero attached hydrogens (tertiary/aromatic N) is 2. The van der Waals surface area contributed by atoms with Crippen LogP contribution in [0.2, 0.25) is 10.6 Å². The van der Waals surface area contributed by atoms with Crippen LogP contribution in [0.4, 0.5) is 0 Å². The van der Waals surface area contributed by atoms with E-state index in [-0.39, 0.29) is 0 Å². The fourth-order valence-electron chi connectivity index (χ4n) is 3.83. The van der Waals surface area contributed by atoms with Crippen molar-refractivity contribution in [1.82, 2.24) is 0 Å². The molecule has 1 aliphatic heterocycles. The molecule has 4 rings (SSSR count). The van der Waals surface area contributed by atoms with Gasteiger partial charge >= 0.3 is 226 Å². The van der Waals surface area contributed by atoms with Crippen LogP contribution >= 0.6 is 30.8 Å². The van der Waals surface area contributed by atoms with Gasteiger partial charge in [-0.15, -0.1) is 0 Å². The normalized spacial score (nSPS) is 14.1. The Kier molecular flexibility index (Phi) is 9.82. The van der Waals surface area contributed by atoms with Crippen molar-refractivity contribution in [3.8, 4) is 12.1 Å². The number of benzene rings is 3. The van der Waals surface area contributed by atoms with E-state index in [0.717, 1.165) is 10.6 Å². The van der Waals surface area contributed by atoms with Crippen molar-refractivity contribution in [2.24, 2.45) is 0 Å². The Balaban J connectivity index is 1.83. The molecule has 0 amide bonds. The van der Waals surface area contributed by atoms with E-state index in [1.165, 1.54) is 23.5 Å². The first-order chi connectivity index (χ1) is 16.8. The molecule has 0 atom stereocenters. The van der Waals surface area contributed by atoms with E-state index < -0.39 is 7.26 Å². The topological polar surface area (TPSA) is 47.6 Å². The molecule has 7 heteroatoms. The second kappa shape index (κ2) is 13.0. The number of nitriles is 2. The Labute approximate surface area is 224 Å². The first kappa shape index (κ1) is 25.6. The molecule has 0 radical (unpaired) electrons. The maximum absolute atomic E-state index is 9.11. The van der Waals surface area contributed by atoms with Crippen molar-refractivity contribution in [3.05, 3.63) is 98.6 Å². The van der Waals surface area contributed by atoms with E-state index in [9.17, 15) is 0 Å².